The molecule has 4 aromatic carbocycles. The lowest BCUT2D eigenvalue weighted by atomic mass is 9.89. The number of hydrogen-bond donors (Lipinski definition) is 2. The van der Waals surface area contributed by atoms with Gasteiger partial charge in [0.1, 0.15) is 17.8 Å². The van der Waals surface area contributed by atoms with Crippen molar-refractivity contribution in [3.8, 4) is 5.75 Å². The van der Waals surface area contributed by atoms with Gasteiger partial charge in [-0.25, -0.2) is 9.69 Å². The molecule has 2 N–H and O–H groups in total. The number of para-hydroxylation sites is 2. The van der Waals surface area contributed by atoms with Gasteiger partial charge in [0.2, 0.25) is 0 Å². The number of anilines is 1. The number of urea groups is 1. The molecule has 3 heterocycles. The molecule has 1 fully saturated rings. The number of nitrogens with zero attached hydrogens (tertiary/aromatic N) is 2. The number of aryl methyl sites for hydroxylation is 1. The summed E-state index contributed by atoms with van der Waals surface area (Å²) in [7, 11) is 1.61. The highest BCUT2D eigenvalue weighted by Crippen LogP contribution is 2.45. The van der Waals surface area contributed by atoms with E-state index in [4.69, 9.17) is 4.74 Å². The molecule has 1 aromatic heterocycles. The molecule has 8 nitrogen and oxygen atoms in total. The zero-order valence-electron chi connectivity index (χ0n) is 23.8. The molecule has 8 heteroatoms. The highest BCUT2D eigenvalue weighted by Gasteiger charge is 2.53. The third-order valence-corrected chi connectivity index (χ3v) is 8.44. The van der Waals surface area contributed by atoms with Crippen LogP contribution in [0.4, 0.5) is 10.5 Å². The first-order valence-corrected chi connectivity index (χ1v) is 14.3. The number of nitrogens with one attached hydrogen (secondary N) is 2. The number of carbonyl (C=O) groups excluding carboxylic acids is 3. The molecule has 214 valence electrons. The van der Waals surface area contributed by atoms with Gasteiger partial charge in [0.15, 0.2) is 0 Å². The van der Waals surface area contributed by atoms with Gasteiger partial charge in [-0.05, 0) is 53.9 Å². The van der Waals surface area contributed by atoms with Crippen LogP contribution in [0.1, 0.15) is 44.3 Å². The molecule has 0 aliphatic carbocycles. The van der Waals surface area contributed by atoms with Gasteiger partial charge < -0.3 is 15.0 Å². The summed E-state index contributed by atoms with van der Waals surface area (Å²) >= 11 is 0. The number of amides is 4. The minimum Gasteiger partial charge on any atom is -0.497 e. The summed E-state index contributed by atoms with van der Waals surface area (Å²) in [6, 6.07) is 28.5. The van der Waals surface area contributed by atoms with Crippen LogP contribution in [-0.2, 0) is 17.8 Å². The van der Waals surface area contributed by atoms with Crippen LogP contribution in [0.5, 0.6) is 5.75 Å². The molecule has 0 unspecified atom stereocenters. The second-order valence-electron chi connectivity index (χ2n) is 11.0. The predicted octanol–water partition coefficient (Wildman–Crippen LogP) is 5.90. The van der Waals surface area contributed by atoms with E-state index in [1.165, 1.54) is 4.90 Å². The second-order valence-corrected chi connectivity index (χ2v) is 11.0. The normalized spacial score (nSPS) is 17.6. The van der Waals surface area contributed by atoms with Gasteiger partial charge in [0.05, 0.1) is 18.4 Å². The molecule has 43 heavy (non-hydrogen) atoms. The monoisotopic (exact) mass is 570 g/mol. The Morgan fingerprint density at radius 2 is 1.65 bits per heavy atom. The number of imide groups is 1. The summed E-state index contributed by atoms with van der Waals surface area (Å²) < 4.78 is 5.37. The standard InChI is InChI=1S/C35H30N4O4/c1-21-11-13-22(14-12-21)20-36-33(40)26-8-4-6-10-29(26)39-34(41)30-19-27-25-7-3-5-9-28(25)37-31(27)32(38(30)35(39)42)23-15-17-24(43-2)18-16-23/h3-18,30,32,37H,19-20H2,1-2H3,(H,36,40)/t30-,32-/m0/s1. The third kappa shape index (κ3) is 4.43. The van der Waals surface area contributed by atoms with Crippen molar-refractivity contribution in [2.24, 2.45) is 0 Å². The molecule has 0 saturated carbocycles. The maximum absolute atomic E-state index is 14.3. The molecular weight excluding hydrogens is 540 g/mol. The number of fused-ring (bicyclic) bond motifs is 4. The number of hydrogen-bond acceptors (Lipinski definition) is 4. The number of benzene rings is 4. The summed E-state index contributed by atoms with van der Waals surface area (Å²) in [6.45, 7) is 2.33. The van der Waals surface area contributed by atoms with Crippen molar-refractivity contribution < 1.29 is 19.1 Å². The van der Waals surface area contributed by atoms with Gasteiger partial charge in [0, 0.05) is 29.6 Å². The molecule has 2 aliphatic rings. The van der Waals surface area contributed by atoms with Crippen LogP contribution in [0, 0.1) is 6.92 Å². The largest absolute Gasteiger partial charge is 0.497 e. The van der Waals surface area contributed by atoms with E-state index in [1.54, 1.807) is 36.3 Å². The summed E-state index contributed by atoms with van der Waals surface area (Å²) in [5.41, 5.74) is 6.34. The maximum Gasteiger partial charge on any atom is 0.332 e. The van der Waals surface area contributed by atoms with Crippen molar-refractivity contribution in [3.63, 3.8) is 0 Å². The van der Waals surface area contributed by atoms with Crippen molar-refractivity contribution in [3.05, 3.63) is 131 Å². The number of rotatable bonds is 6. The topological polar surface area (TPSA) is 94.7 Å². The highest BCUT2D eigenvalue weighted by atomic mass is 16.5. The van der Waals surface area contributed by atoms with Crippen molar-refractivity contribution in [1.29, 1.82) is 0 Å². The fourth-order valence-electron chi connectivity index (χ4n) is 6.27. The van der Waals surface area contributed by atoms with Gasteiger partial charge in [-0.15, -0.1) is 0 Å². The van der Waals surface area contributed by atoms with Crippen molar-refractivity contribution in [2.45, 2.75) is 32.0 Å². The molecular formula is C35H30N4O4. The lowest BCUT2D eigenvalue weighted by Crippen LogP contribution is -2.44. The molecule has 7 rings (SSSR count). The molecule has 0 bridgehead atoms. The van der Waals surface area contributed by atoms with E-state index in [-0.39, 0.29) is 23.1 Å². The Labute approximate surface area is 248 Å². The van der Waals surface area contributed by atoms with Crippen LogP contribution in [0.15, 0.2) is 97.1 Å². The Bertz CT molecular complexity index is 1880. The Morgan fingerprint density at radius 1 is 0.930 bits per heavy atom. The minimum absolute atomic E-state index is 0.265. The average Bonchev–Trinajstić information content (AvgIpc) is 3.53. The lowest BCUT2D eigenvalue weighted by molar-refractivity contribution is -0.120. The van der Waals surface area contributed by atoms with Gasteiger partial charge in [0.25, 0.3) is 11.8 Å². The summed E-state index contributed by atoms with van der Waals surface area (Å²) in [5, 5.41) is 3.98. The highest BCUT2D eigenvalue weighted by molar-refractivity contribution is 6.24. The molecule has 2 atom stereocenters. The fraction of sp³-hybridized carbons (Fsp3) is 0.171. The average molecular weight is 571 g/mol. The van der Waals surface area contributed by atoms with Crippen LogP contribution >= 0.6 is 0 Å². The first-order chi connectivity index (χ1) is 20.9. The van der Waals surface area contributed by atoms with Crippen LogP contribution in [0.2, 0.25) is 0 Å². The van der Waals surface area contributed by atoms with E-state index in [2.05, 4.69) is 10.3 Å². The molecule has 0 radical (unpaired) electrons. The summed E-state index contributed by atoms with van der Waals surface area (Å²) in [5.74, 6) is -0.00759. The minimum atomic E-state index is -0.727. The quantitative estimate of drug-likeness (QED) is 0.249. The first kappa shape index (κ1) is 26.5. The zero-order chi connectivity index (χ0) is 29.7. The van der Waals surface area contributed by atoms with Crippen LogP contribution in [0.25, 0.3) is 10.9 Å². The van der Waals surface area contributed by atoms with Crippen molar-refractivity contribution in [2.75, 3.05) is 12.0 Å². The molecule has 4 amide bonds. The first-order valence-electron chi connectivity index (χ1n) is 14.3. The molecule has 0 spiro atoms. The lowest BCUT2D eigenvalue weighted by Gasteiger charge is -2.36. The predicted molar refractivity (Wildman–Crippen MR) is 164 cm³/mol. The van der Waals surface area contributed by atoms with E-state index >= 15 is 0 Å². The third-order valence-electron chi connectivity index (χ3n) is 8.44. The molecule has 1 saturated heterocycles. The van der Waals surface area contributed by atoms with Gasteiger partial charge in [-0.1, -0.05) is 72.3 Å². The van der Waals surface area contributed by atoms with E-state index in [0.29, 0.717) is 18.7 Å². The summed E-state index contributed by atoms with van der Waals surface area (Å²) in [6.07, 6.45) is 0.370. The summed E-state index contributed by atoms with van der Waals surface area (Å²) in [4.78, 5) is 48.3. The molecule has 5 aromatic rings. The van der Waals surface area contributed by atoms with Crippen LogP contribution in [-0.4, -0.2) is 40.9 Å². The Balaban J connectivity index is 1.27. The fourth-order valence-corrected chi connectivity index (χ4v) is 6.27. The Kier molecular flexibility index (Phi) is 6.46. The van der Waals surface area contributed by atoms with E-state index < -0.39 is 18.1 Å². The molecule has 2 aliphatic heterocycles. The maximum atomic E-state index is 14.3. The Morgan fingerprint density at radius 3 is 2.42 bits per heavy atom. The smallest absolute Gasteiger partial charge is 0.332 e. The van der Waals surface area contributed by atoms with Crippen molar-refractivity contribution in [1.82, 2.24) is 15.2 Å². The van der Waals surface area contributed by atoms with Gasteiger partial charge >= 0.3 is 6.03 Å². The van der Waals surface area contributed by atoms with E-state index in [1.807, 2.05) is 79.7 Å². The zero-order valence-corrected chi connectivity index (χ0v) is 23.8. The van der Waals surface area contributed by atoms with Crippen LogP contribution in [0.3, 0.4) is 0 Å². The van der Waals surface area contributed by atoms with E-state index in [9.17, 15) is 14.4 Å². The number of H-pyrrole nitrogens is 1. The van der Waals surface area contributed by atoms with E-state index in [0.717, 1.165) is 38.9 Å². The Hall–Kier alpha value is -5.37. The number of methoxy groups -OCH3 is 1. The number of aromatic amines is 1. The van der Waals surface area contributed by atoms with Gasteiger partial charge in [-0.3, -0.25) is 14.5 Å². The number of ether oxygens (including phenoxy) is 1. The number of aromatic nitrogens is 1. The number of carbonyl (C=O) groups is 3. The van der Waals surface area contributed by atoms with Gasteiger partial charge in [-0.2, -0.15) is 0 Å². The van der Waals surface area contributed by atoms with Crippen molar-refractivity contribution >= 4 is 34.4 Å². The second kappa shape index (κ2) is 10.5. The van der Waals surface area contributed by atoms with Crippen LogP contribution < -0.4 is 15.0 Å². The SMILES string of the molecule is COc1ccc([C@H]2c3[nH]c4ccccc4c3C[C@H]3C(=O)N(c4ccccc4C(=O)NCc4ccc(C)cc4)C(=O)N23)cc1.